The Morgan fingerprint density at radius 2 is 2.00 bits per heavy atom. The number of sulfone groups is 1. The van der Waals surface area contributed by atoms with Gasteiger partial charge in [-0.3, -0.25) is 0 Å². The molecule has 31 heavy (non-hydrogen) atoms. The quantitative estimate of drug-likeness (QED) is 0.608. The number of hydrogen-bond acceptors (Lipinski definition) is 8. The molecule has 3 aliphatic rings. The van der Waals surface area contributed by atoms with Gasteiger partial charge in [-0.15, -0.1) is 0 Å². The number of ether oxygens (including phenoxy) is 1. The molecule has 3 fully saturated rings. The average molecular weight is 447 g/mol. The van der Waals surface area contributed by atoms with Crippen LogP contribution in [0.3, 0.4) is 0 Å². The molecule has 5 rings (SSSR count). The van der Waals surface area contributed by atoms with E-state index < -0.39 is 9.84 Å². The second-order valence-electron chi connectivity index (χ2n) is 9.29. The summed E-state index contributed by atoms with van der Waals surface area (Å²) in [7, 11) is -3.22. The van der Waals surface area contributed by atoms with Gasteiger partial charge in [0.1, 0.15) is 0 Å². The summed E-state index contributed by atoms with van der Waals surface area (Å²) in [5.41, 5.74) is 0. The van der Waals surface area contributed by atoms with E-state index in [1.165, 1.54) is 51.0 Å². The normalized spacial score (nSPS) is 24.7. The van der Waals surface area contributed by atoms with Gasteiger partial charge in [0.05, 0.1) is 11.5 Å². The molecule has 2 aromatic heterocycles. The third-order valence-electron chi connectivity index (χ3n) is 7.17. The SMILES string of the molecule is CS(=O)(=O)c1ccc(OCC[C@@H]2C[C@@H]2C2CCN(c3noc(C4CCC4)n3)CC2)nc1. The van der Waals surface area contributed by atoms with Crippen molar-refractivity contribution in [2.45, 2.75) is 55.8 Å². The Labute approximate surface area is 183 Å². The van der Waals surface area contributed by atoms with Crippen molar-refractivity contribution in [2.24, 2.45) is 17.8 Å². The number of nitrogens with zero attached hydrogens (tertiary/aromatic N) is 4. The van der Waals surface area contributed by atoms with Gasteiger partial charge in [0.15, 0.2) is 9.84 Å². The fraction of sp³-hybridized carbons (Fsp3) is 0.682. The van der Waals surface area contributed by atoms with Crippen molar-refractivity contribution in [3.8, 4) is 5.88 Å². The molecule has 1 saturated heterocycles. The Hall–Kier alpha value is -2.16. The van der Waals surface area contributed by atoms with Gasteiger partial charge in [-0.1, -0.05) is 6.42 Å². The van der Waals surface area contributed by atoms with Crippen LogP contribution < -0.4 is 9.64 Å². The van der Waals surface area contributed by atoms with Crippen LogP contribution in [0.5, 0.6) is 5.88 Å². The molecule has 168 valence electrons. The molecule has 0 unspecified atom stereocenters. The molecular formula is C22H30N4O4S. The Kier molecular flexibility index (Phi) is 5.62. The van der Waals surface area contributed by atoms with Crippen molar-refractivity contribution in [2.75, 3.05) is 30.9 Å². The Balaban J connectivity index is 1.03. The summed E-state index contributed by atoms with van der Waals surface area (Å²) in [6, 6.07) is 3.18. The fourth-order valence-corrected chi connectivity index (χ4v) is 5.43. The summed E-state index contributed by atoms with van der Waals surface area (Å²) in [5, 5.41) is 4.22. The average Bonchev–Trinajstić information content (AvgIpc) is 3.33. The van der Waals surface area contributed by atoms with E-state index in [-0.39, 0.29) is 4.90 Å². The van der Waals surface area contributed by atoms with Gasteiger partial charge in [0, 0.05) is 37.5 Å². The number of rotatable bonds is 8. The molecule has 0 aromatic carbocycles. The first kappa shape index (κ1) is 20.7. The van der Waals surface area contributed by atoms with Crippen molar-refractivity contribution >= 4 is 15.8 Å². The Morgan fingerprint density at radius 3 is 2.65 bits per heavy atom. The molecule has 0 amide bonds. The lowest BCUT2D eigenvalue weighted by Gasteiger charge is -2.31. The monoisotopic (exact) mass is 446 g/mol. The highest BCUT2D eigenvalue weighted by molar-refractivity contribution is 7.90. The molecule has 1 aliphatic heterocycles. The van der Waals surface area contributed by atoms with Gasteiger partial charge >= 0.3 is 0 Å². The van der Waals surface area contributed by atoms with E-state index in [1.807, 2.05) is 0 Å². The van der Waals surface area contributed by atoms with Gasteiger partial charge in [-0.05, 0) is 67.5 Å². The Bertz CT molecular complexity index is 995. The zero-order valence-electron chi connectivity index (χ0n) is 17.9. The third kappa shape index (κ3) is 4.71. The second-order valence-corrected chi connectivity index (χ2v) is 11.3. The van der Waals surface area contributed by atoms with Crippen molar-refractivity contribution in [1.29, 1.82) is 0 Å². The van der Waals surface area contributed by atoms with Crippen LogP contribution in [0.25, 0.3) is 0 Å². The van der Waals surface area contributed by atoms with Crippen LogP contribution >= 0.6 is 0 Å². The lowest BCUT2D eigenvalue weighted by molar-refractivity contribution is 0.275. The highest BCUT2D eigenvalue weighted by Crippen LogP contribution is 2.50. The number of hydrogen-bond donors (Lipinski definition) is 0. The van der Waals surface area contributed by atoms with E-state index in [9.17, 15) is 8.42 Å². The van der Waals surface area contributed by atoms with Gasteiger partial charge < -0.3 is 14.2 Å². The fourth-order valence-electron chi connectivity index (χ4n) is 4.87. The molecule has 2 aliphatic carbocycles. The van der Waals surface area contributed by atoms with Crippen molar-refractivity contribution in [3.05, 3.63) is 24.2 Å². The van der Waals surface area contributed by atoms with Crippen molar-refractivity contribution in [1.82, 2.24) is 15.1 Å². The van der Waals surface area contributed by atoms with Crippen LogP contribution in [-0.4, -0.2) is 49.5 Å². The molecule has 3 heterocycles. The minimum Gasteiger partial charge on any atom is -0.478 e. The molecule has 8 nitrogen and oxygen atoms in total. The molecule has 2 atom stereocenters. The van der Waals surface area contributed by atoms with E-state index in [1.54, 1.807) is 12.1 Å². The molecule has 0 radical (unpaired) electrons. The lowest BCUT2D eigenvalue weighted by Crippen LogP contribution is -2.35. The van der Waals surface area contributed by atoms with Crippen LogP contribution in [0.1, 0.15) is 56.8 Å². The first-order valence-corrected chi connectivity index (χ1v) is 13.2. The number of anilines is 1. The van der Waals surface area contributed by atoms with Crippen LogP contribution in [0.4, 0.5) is 5.95 Å². The first-order valence-electron chi connectivity index (χ1n) is 11.3. The number of pyridine rings is 1. The van der Waals surface area contributed by atoms with Crippen LogP contribution in [-0.2, 0) is 9.84 Å². The van der Waals surface area contributed by atoms with Crippen LogP contribution in [0.2, 0.25) is 0 Å². The molecule has 0 spiro atoms. The van der Waals surface area contributed by atoms with E-state index in [4.69, 9.17) is 9.26 Å². The van der Waals surface area contributed by atoms with Crippen LogP contribution in [0.15, 0.2) is 27.7 Å². The standard InChI is InChI=1S/C22H30N4O4S/c1-31(27,28)18-5-6-20(23-14-18)29-12-9-17-13-19(17)15-7-10-26(11-8-15)22-24-21(30-25-22)16-3-2-4-16/h5-6,14-17,19H,2-4,7-13H2,1H3/t17-,19-/m1/s1. The summed E-state index contributed by atoms with van der Waals surface area (Å²) >= 11 is 0. The molecule has 2 aromatic rings. The van der Waals surface area contributed by atoms with Gasteiger partial charge in [-0.2, -0.15) is 4.98 Å². The first-order chi connectivity index (χ1) is 15.0. The minimum atomic E-state index is -3.22. The summed E-state index contributed by atoms with van der Waals surface area (Å²) < 4.78 is 34.2. The minimum absolute atomic E-state index is 0.216. The summed E-state index contributed by atoms with van der Waals surface area (Å²) in [5.74, 6) is 4.86. The lowest BCUT2D eigenvalue weighted by atomic mass is 9.85. The predicted octanol–water partition coefficient (Wildman–Crippen LogP) is 3.46. The highest BCUT2D eigenvalue weighted by atomic mass is 32.2. The molecular weight excluding hydrogens is 416 g/mol. The summed E-state index contributed by atoms with van der Waals surface area (Å²) in [6.07, 6.45) is 10.8. The van der Waals surface area contributed by atoms with Crippen LogP contribution in [0, 0.1) is 17.8 Å². The van der Waals surface area contributed by atoms with Gasteiger partial charge in [-0.25, -0.2) is 13.4 Å². The van der Waals surface area contributed by atoms with Crippen molar-refractivity contribution in [3.63, 3.8) is 0 Å². The van der Waals surface area contributed by atoms with Gasteiger partial charge in [0.2, 0.25) is 11.8 Å². The second kappa shape index (κ2) is 8.41. The summed E-state index contributed by atoms with van der Waals surface area (Å²) in [6.45, 7) is 2.63. The highest BCUT2D eigenvalue weighted by Gasteiger charge is 2.43. The van der Waals surface area contributed by atoms with E-state index in [2.05, 4.69) is 20.0 Å². The van der Waals surface area contributed by atoms with E-state index in [0.29, 0.717) is 18.4 Å². The zero-order chi connectivity index (χ0) is 21.4. The van der Waals surface area contributed by atoms with E-state index >= 15 is 0 Å². The molecule has 0 bridgehead atoms. The maximum atomic E-state index is 11.5. The molecule has 9 heteroatoms. The third-order valence-corrected chi connectivity index (χ3v) is 8.26. The van der Waals surface area contributed by atoms with Crippen molar-refractivity contribution < 1.29 is 17.7 Å². The zero-order valence-corrected chi connectivity index (χ0v) is 18.8. The predicted molar refractivity (Wildman–Crippen MR) is 115 cm³/mol. The smallest absolute Gasteiger partial charge is 0.266 e. The number of piperidine rings is 1. The molecule has 2 saturated carbocycles. The number of aromatic nitrogens is 3. The topological polar surface area (TPSA) is 98.4 Å². The summed E-state index contributed by atoms with van der Waals surface area (Å²) in [4.78, 5) is 11.2. The maximum Gasteiger partial charge on any atom is 0.266 e. The largest absolute Gasteiger partial charge is 0.478 e. The van der Waals surface area contributed by atoms with E-state index in [0.717, 1.165) is 49.1 Å². The molecule has 0 N–H and O–H groups in total. The Morgan fingerprint density at radius 1 is 1.19 bits per heavy atom. The maximum absolute atomic E-state index is 11.5. The van der Waals surface area contributed by atoms with Gasteiger partial charge in [0.25, 0.3) is 5.95 Å².